The first-order valence-corrected chi connectivity index (χ1v) is 6.16. The van der Waals surface area contributed by atoms with E-state index in [-0.39, 0.29) is 0 Å². The molecule has 0 aromatic heterocycles. The average Bonchev–Trinajstić information content (AvgIpc) is 2.69. The number of nitrogens with one attached hydrogen (secondary N) is 1. The number of aliphatic hydroxyl groups is 1. The van der Waals surface area contributed by atoms with Crippen LogP contribution in [0, 0.1) is 13.8 Å². The van der Waals surface area contributed by atoms with Gasteiger partial charge in [0, 0.05) is 26.1 Å². The van der Waals surface area contributed by atoms with E-state index in [0.29, 0.717) is 19.8 Å². The Bertz CT molecular complexity index is 384. The van der Waals surface area contributed by atoms with Gasteiger partial charge in [0.25, 0.3) is 0 Å². The topological polar surface area (TPSA) is 41.5 Å². The highest BCUT2D eigenvalue weighted by Gasteiger charge is 2.31. The van der Waals surface area contributed by atoms with Crippen LogP contribution in [0.5, 0.6) is 0 Å². The zero-order valence-electron chi connectivity index (χ0n) is 10.6. The fourth-order valence-electron chi connectivity index (χ4n) is 2.21. The molecule has 1 saturated heterocycles. The van der Waals surface area contributed by atoms with Gasteiger partial charge >= 0.3 is 0 Å². The normalized spacial score (nSPS) is 24.2. The van der Waals surface area contributed by atoms with Gasteiger partial charge in [-0.25, -0.2) is 0 Å². The lowest BCUT2D eigenvalue weighted by Crippen LogP contribution is -2.40. The maximum absolute atomic E-state index is 10.1. The lowest BCUT2D eigenvalue weighted by molar-refractivity contribution is 0.0268. The molecule has 0 spiro atoms. The predicted molar refractivity (Wildman–Crippen MR) is 68.0 cm³/mol. The third-order valence-electron chi connectivity index (χ3n) is 3.35. The Morgan fingerprint density at radius 1 is 1.41 bits per heavy atom. The summed E-state index contributed by atoms with van der Waals surface area (Å²) in [5.41, 5.74) is 3.21. The molecule has 2 N–H and O–H groups in total. The zero-order chi connectivity index (χ0) is 12.3. The summed E-state index contributed by atoms with van der Waals surface area (Å²) in [6.45, 7) is 6.74. The molecule has 1 unspecified atom stereocenters. The first-order chi connectivity index (χ1) is 8.09. The highest BCUT2D eigenvalue weighted by molar-refractivity contribution is 5.30. The van der Waals surface area contributed by atoms with E-state index in [1.54, 1.807) is 0 Å². The third-order valence-corrected chi connectivity index (χ3v) is 3.35. The molecular formula is C14H21NO2. The molecule has 3 heteroatoms. The summed E-state index contributed by atoms with van der Waals surface area (Å²) in [5.74, 6) is 0. The van der Waals surface area contributed by atoms with E-state index in [1.165, 1.54) is 16.7 Å². The Hall–Kier alpha value is -0.900. The van der Waals surface area contributed by atoms with Gasteiger partial charge in [-0.05, 0) is 25.0 Å². The molecule has 94 valence electrons. The summed E-state index contributed by atoms with van der Waals surface area (Å²) in [5, 5.41) is 13.4. The van der Waals surface area contributed by atoms with E-state index in [2.05, 4.69) is 37.4 Å². The highest BCUT2D eigenvalue weighted by Crippen LogP contribution is 2.17. The smallest absolute Gasteiger partial charge is 0.102 e. The number of benzene rings is 1. The van der Waals surface area contributed by atoms with Gasteiger partial charge in [-0.1, -0.05) is 23.8 Å². The van der Waals surface area contributed by atoms with Gasteiger partial charge in [0.15, 0.2) is 0 Å². The van der Waals surface area contributed by atoms with Crippen LogP contribution in [0.1, 0.15) is 23.1 Å². The summed E-state index contributed by atoms with van der Waals surface area (Å²) in [6, 6.07) is 6.45. The molecule has 17 heavy (non-hydrogen) atoms. The van der Waals surface area contributed by atoms with Crippen LogP contribution in [0.4, 0.5) is 0 Å². The van der Waals surface area contributed by atoms with E-state index < -0.39 is 5.60 Å². The van der Waals surface area contributed by atoms with Crippen LogP contribution in [0.2, 0.25) is 0 Å². The average molecular weight is 235 g/mol. The molecule has 1 aliphatic rings. The largest absolute Gasteiger partial charge is 0.386 e. The van der Waals surface area contributed by atoms with Crippen molar-refractivity contribution in [1.29, 1.82) is 0 Å². The second kappa shape index (κ2) is 5.17. The van der Waals surface area contributed by atoms with Gasteiger partial charge in [-0.2, -0.15) is 0 Å². The number of rotatable bonds is 4. The first kappa shape index (κ1) is 12.6. The molecule has 1 atom stereocenters. The number of ether oxygens (including phenoxy) is 1. The Labute approximate surface area is 103 Å². The minimum Gasteiger partial charge on any atom is -0.386 e. The van der Waals surface area contributed by atoms with Crippen molar-refractivity contribution in [3.63, 3.8) is 0 Å². The Balaban J connectivity index is 1.85. The molecule has 0 bridgehead atoms. The molecule has 1 heterocycles. The zero-order valence-corrected chi connectivity index (χ0v) is 10.6. The SMILES string of the molecule is Cc1ccc(CNCC2(O)CCOC2)c(C)c1. The molecule has 1 aromatic rings. The van der Waals surface area contributed by atoms with Gasteiger partial charge in [0.05, 0.1) is 6.61 Å². The fraction of sp³-hybridized carbons (Fsp3) is 0.571. The maximum atomic E-state index is 10.1. The Kier molecular flexibility index (Phi) is 3.82. The fourth-order valence-corrected chi connectivity index (χ4v) is 2.21. The van der Waals surface area contributed by atoms with E-state index in [9.17, 15) is 5.11 Å². The molecule has 2 rings (SSSR count). The van der Waals surface area contributed by atoms with Crippen LogP contribution in [0.3, 0.4) is 0 Å². The minimum atomic E-state index is -0.668. The molecular weight excluding hydrogens is 214 g/mol. The van der Waals surface area contributed by atoms with Crippen LogP contribution in [0.25, 0.3) is 0 Å². The third kappa shape index (κ3) is 3.28. The van der Waals surface area contributed by atoms with Crippen LogP contribution in [-0.2, 0) is 11.3 Å². The van der Waals surface area contributed by atoms with Gasteiger partial charge < -0.3 is 15.2 Å². The molecule has 1 fully saturated rings. The van der Waals surface area contributed by atoms with Crippen molar-refractivity contribution in [2.45, 2.75) is 32.4 Å². The molecule has 1 aliphatic heterocycles. The van der Waals surface area contributed by atoms with E-state index in [0.717, 1.165) is 13.0 Å². The van der Waals surface area contributed by atoms with Crippen molar-refractivity contribution >= 4 is 0 Å². The molecule has 0 amide bonds. The molecule has 0 saturated carbocycles. The number of hydrogen-bond acceptors (Lipinski definition) is 3. The maximum Gasteiger partial charge on any atom is 0.102 e. The van der Waals surface area contributed by atoms with Crippen LogP contribution in [-0.4, -0.2) is 30.5 Å². The Morgan fingerprint density at radius 3 is 2.88 bits per heavy atom. The molecule has 0 aliphatic carbocycles. The van der Waals surface area contributed by atoms with Gasteiger partial charge in [0.2, 0.25) is 0 Å². The van der Waals surface area contributed by atoms with Crippen molar-refractivity contribution in [3.8, 4) is 0 Å². The second-order valence-corrected chi connectivity index (χ2v) is 5.06. The second-order valence-electron chi connectivity index (χ2n) is 5.06. The van der Waals surface area contributed by atoms with Crippen LogP contribution < -0.4 is 5.32 Å². The summed E-state index contributed by atoms with van der Waals surface area (Å²) in [6.07, 6.45) is 0.729. The van der Waals surface area contributed by atoms with Crippen LogP contribution >= 0.6 is 0 Å². The number of aryl methyl sites for hydroxylation is 2. The molecule has 3 nitrogen and oxygen atoms in total. The summed E-state index contributed by atoms with van der Waals surface area (Å²) in [4.78, 5) is 0. The Morgan fingerprint density at radius 2 is 2.24 bits per heavy atom. The van der Waals surface area contributed by atoms with E-state index >= 15 is 0 Å². The van der Waals surface area contributed by atoms with Gasteiger partial charge in [0.1, 0.15) is 5.60 Å². The van der Waals surface area contributed by atoms with Gasteiger partial charge in [-0.15, -0.1) is 0 Å². The monoisotopic (exact) mass is 235 g/mol. The lowest BCUT2D eigenvalue weighted by atomic mass is 10.0. The van der Waals surface area contributed by atoms with Crippen molar-refractivity contribution in [2.75, 3.05) is 19.8 Å². The lowest BCUT2D eigenvalue weighted by Gasteiger charge is -2.21. The van der Waals surface area contributed by atoms with Crippen molar-refractivity contribution in [3.05, 3.63) is 34.9 Å². The van der Waals surface area contributed by atoms with Crippen molar-refractivity contribution in [2.24, 2.45) is 0 Å². The summed E-state index contributed by atoms with van der Waals surface area (Å²) in [7, 11) is 0. The minimum absolute atomic E-state index is 0.451. The van der Waals surface area contributed by atoms with E-state index in [1.807, 2.05) is 0 Å². The molecule has 1 aromatic carbocycles. The quantitative estimate of drug-likeness (QED) is 0.832. The van der Waals surface area contributed by atoms with Crippen molar-refractivity contribution in [1.82, 2.24) is 5.32 Å². The van der Waals surface area contributed by atoms with Gasteiger partial charge in [-0.3, -0.25) is 0 Å². The van der Waals surface area contributed by atoms with Crippen molar-refractivity contribution < 1.29 is 9.84 Å². The standard InChI is InChI=1S/C14H21NO2/c1-11-3-4-13(12(2)7-11)8-15-9-14(16)5-6-17-10-14/h3-4,7,15-16H,5-6,8-10H2,1-2H3. The first-order valence-electron chi connectivity index (χ1n) is 6.16. The number of hydrogen-bond donors (Lipinski definition) is 2. The highest BCUT2D eigenvalue weighted by atomic mass is 16.5. The van der Waals surface area contributed by atoms with Crippen LogP contribution in [0.15, 0.2) is 18.2 Å². The summed E-state index contributed by atoms with van der Waals surface area (Å²) >= 11 is 0. The molecule has 0 radical (unpaired) electrons. The predicted octanol–water partition coefficient (Wildman–Crippen LogP) is 1.54. The van der Waals surface area contributed by atoms with E-state index in [4.69, 9.17) is 4.74 Å². The summed E-state index contributed by atoms with van der Waals surface area (Å²) < 4.78 is 5.21.